The average Bonchev–Trinajstić information content (AvgIpc) is 3.28. The highest BCUT2D eigenvalue weighted by molar-refractivity contribution is 5.96. The lowest BCUT2D eigenvalue weighted by Crippen LogP contribution is -2.40. The quantitative estimate of drug-likeness (QED) is 0.513. The summed E-state index contributed by atoms with van der Waals surface area (Å²) in [5, 5.41) is 9.37. The summed E-state index contributed by atoms with van der Waals surface area (Å²) < 4.78 is 7.50. The van der Waals surface area contributed by atoms with Gasteiger partial charge in [-0.1, -0.05) is 44.7 Å². The summed E-state index contributed by atoms with van der Waals surface area (Å²) in [6.45, 7) is 5.53. The molecule has 3 aromatic rings. The summed E-state index contributed by atoms with van der Waals surface area (Å²) in [6.07, 6.45) is 10.1. The number of nitrogens with one attached hydrogen (secondary N) is 1. The number of benzene rings is 1. The molecule has 1 aliphatic carbocycles. The van der Waals surface area contributed by atoms with Crippen molar-refractivity contribution < 1.29 is 9.53 Å². The molecule has 180 valence electrons. The Kier molecular flexibility index (Phi) is 7.04. The van der Waals surface area contributed by atoms with Crippen LogP contribution in [0.15, 0.2) is 30.5 Å². The monoisotopic (exact) mass is 462 g/mol. The van der Waals surface area contributed by atoms with E-state index in [1.807, 2.05) is 35.4 Å². The number of unbranched alkanes of at least 4 members (excludes halogenated alkanes) is 1. The molecule has 8 heteroatoms. The number of hydrogen-bond donors (Lipinski definition) is 1. The van der Waals surface area contributed by atoms with Crippen LogP contribution in [0.3, 0.4) is 0 Å². The van der Waals surface area contributed by atoms with Gasteiger partial charge in [0.25, 0.3) is 5.91 Å². The number of carbonyl (C=O) groups is 1. The van der Waals surface area contributed by atoms with Gasteiger partial charge in [-0.3, -0.25) is 4.79 Å². The Balaban J connectivity index is 1.46. The van der Waals surface area contributed by atoms with Gasteiger partial charge in [-0.15, -0.1) is 0 Å². The standard InChI is InChI=1S/C26H34N6O2/c1-2-3-13-27-26-28-18-22-23(30-32(24(22)29-26)21-7-5-4-6-8-21)19-9-11-20(12-10-19)25(33)31-14-16-34-17-15-31/h9-12,18,21H,2-8,13-17H2,1H3,(H,27,28,29). The molecule has 2 fully saturated rings. The lowest BCUT2D eigenvalue weighted by Gasteiger charge is -2.26. The third-order valence-electron chi connectivity index (χ3n) is 6.89. The van der Waals surface area contributed by atoms with E-state index in [9.17, 15) is 4.79 Å². The van der Waals surface area contributed by atoms with E-state index in [-0.39, 0.29) is 5.91 Å². The summed E-state index contributed by atoms with van der Waals surface area (Å²) in [5.74, 6) is 0.717. The Morgan fingerprint density at radius 1 is 1.12 bits per heavy atom. The minimum absolute atomic E-state index is 0.0542. The van der Waals surface area contributed by atoms with Crippen LogP contribution < -0.4 is 5.32 Å². The molecule has 5 rings (SSSR count). The molecule has 8 nitrogen and oxygen atoms in total. The van der Waals surface area contributed by atoms with Gasteiger partial charge in [0, 0.05) is 37.0 Å². The number of hydrogen-bond acceptors (Lipinski definition) is 6. The normalized spacial score (nSPS) is 17.3. The summed E-state index contributed by atoms with van der Waals surface area (Å²) >= 11 is 0. The van der Waals surface area contributed by atoms with E-state index in [2.05, 4.69) is 21.9 Å². The van der Waals surface area contributed by atoms with Crippen LogP contribution in [0.1, 0.15) is 68.3 Å². The summed E-state index contributed by atoms with van der Waals surface area (Å²) in [5.41, 5.74) is 3.45. The van der Waals surface area contributed by atoms with Crippen LogP contribution in [0, 0.1) is 0 Å². The van der Waals surface area contributed by atoms with Gasteiger partial charge in [-0.2, -0.15) is 10.1 Å². The highest BCUT2D eigenvalue weighted by Crippen LogP contribution is 2.34. The van der Waals surface area contributed by atoms with Crippen molar-refractivity contribution in [1.29, 1.82) is 0 Å². The smallest absolute Gasteiger partial charge is 0.254 e. The number of aromatic nitrogens is 4. The molecule has 3 heterocycles. The Labute approximate surface area is 200 Å². The van der Waals surface area contributed by atoms with E-state index < -0.39 is 0 Å². The molecule has 1 saturated heterocycles. The van der Waals surface area contributed by atoms with Gasteiger partial charge in [-0.05, 0) is 31.4 Å². The van der Waals surface area contributed by atoms with E-state index in [4.69, 9.17) is 14.8 Å². The van der Waals surface area contributed by atoms with E-state index in [0.717, 1.165) is 54.5 Å². The fraction of sp³-hybridized carbons (Fsp3) is 0.538. The molecule has 0 unspecified atom stereocenters. The highest BCUT2D eigenvalue weighted by Gasteiger charge is 2.23. The van der Waals surface area contributed by atoms with Gasteiger partial charge in [-0.25, -0.2) is 9.67 Å². The first-order valence-corrected chi connectivity index (χ1v) is 12.7. The van der Waals surface area contributed by atoms with Crippen LogP contribution >= 0.6 is 0 Å². The molecule has 0 spiro atoms. The number of amides is 1. The zero-order chi connectivity index (χ0) is 23.3. The first-order chi connectivity index (χ1) is 16.7. The first-order valence-electron chi connectivity index (χ1n) is 12.7. The molecule has 0 atom stereocenters. The summed E-state index contributed by atoms with van der Waals surface area (Å²) in [6, 6.07) is 8.16. The number of ether oxygens (including phenoxy) is 1. The minimum Gasteiger partial charge on any atom is -0.378 e. The molecule has 1 amide bonds. The molecule has 2 aromatic heterocycles. The minimum atomic E-state index is 0.0542. The van der Waals surface area contributed by atoms with Gasteiger partial charge in [0.2, 0.25) is 5.95 Å². The van der Waals surface area contributed by atoms with Crippen molar-refractivity contribution in [2.45, 2.75) is 57.9 Å². The van der Waals surface area contributed by atoms with Crippen molar-refractivity contribution in [2.75, 3.05) is 38.2 Å². The average molecular weight is 463 g/mol. The predicted molar refractivity (Wildman–Crippen MR) is 133 cm³/mol. The van der Waals surface area contributed by atoms with Crippen molar-refractivity contribution in [3.63, 3.8) is 0 Å². The number of nitrogens with zero attached hydrogens (tertiary/aromatic N) is 5. The van der Waals surface area contributed by atoms with Crippen molar-refractivity contribution in [3.05, 3.63) is 36.0 Å². The van der Waals surface area contributed by atoms with E-state index >= 15 is 0 Å². The summed E-state index contributed by atoms with van der Waals surface area (Å²) in [4.78, 5) is 24.2. The molecule has 1 aromatic carbocycles. The molecule has 34 heavy (non-hydrogen) atoms. The van der Waals surface area contributed by atoms with E-state index in [1.165, 1.54) is 19.3 Å². The molecule has 1 aliphatic heterocycles. The van der Waals surface area contributed by atoms with Crippen molar-refractivity contribution in [1.82, 2.24) is 24.6 Å². The largest absolute Gasteiger partial charge is 0.378 e. The summed E-state index contributed by atoms with van der Waals surface area (Å²) in [7, 11) is 0. The number of carbonyl (C=O) groups excluding carboxylic acids is 1. The molecule has 2 aliphatic rings. The zero-order valence-electron chi connectivity index (χ0n) is 20.0. The topological polar surface area (TPSA) is 85.2 Å². The maximum atomic E-state index is 12.8. The Hall–Kier alpha value is -3.00. The van der Waals surface area contributed by atoms with Gasteiger partial charge in [0.1, 0.15) is 5.69 Å². The molecular formula is C26H34N6O2. The molecule has 0 bridgehead atoms. The van der Waals surface area contributed by atoms with Crippen LogP contribution in [0.25, 0.3) is 22.3 Å². The maximum Gasteiger partial charge on any atom is 0.254 e. The fourth-order valence-electron chi connectivity index (χ4n) is 4.90. The van der Waals surface area contributed by atoms with Crippen LogP contribution in [0.5, 0.6) is 0 Å². The van der Waals surface area contributed by atoms with Gasteiger partial charge >= 0.3 is 0 Å². The third kappa shape index (κ3) is 4.78. The SMILES string of the molecule is CCCCNc1ncc2c(-c3ccc(C(=O)N4CCOCC4)cc3)nn(C3CCCCC3)c2n1. The van der Waals surface area contributed by atoms with Crippen LogP contribution in [0.4, 0.5) is 5.95 Å². The van der Waals surface area contributed by atoms with Crippen LogP contribution in [-0.4, -0.2) is 63.4 Å². The number of morpholine rings is 1. The number of fused-ring (bicyclic) bond motifs is 1. The van der Waals surface area contributed by atoms with Gasteiger partial charge in [0.15, 0.2) is 5.65 Å². The van der Waals surface area contributed by atoms with Crippen molar-refractivity contribution >= 4 is 22.9 Å². The lowest BCUT2D eigenvalue weighted by atomic mass is 9.96. The van der Waals surface area contributed by atoms with Crippen molar-refractivity contribution in [3.8, 4) is 11.3 Å². The number of rotatable bonds is 7. The molecule has 1 N–H and O–H groups in total. The van der Waals surface area contributed by atoms with Crippen molar-refractivity contribution in [2.24, 2.45) is 0 Å². The first kappa shape index (κ1) is 22.8. The second-order valence-electron chi connectivity index (χ2n) is 9.28. The zero-order valence-corrected chi connectivity index (χ0v) is 20.0. The van der Waals surface area contributed by atoms with Gasteiger partial charge < -0.3 is 15.0 Å². The van der Waals surface area contributed by atoms with Gasteiger partial charge in [0.05, 0.1) is 24.6 Å². The van der Waals surface area contributed by atoms with Crippen LogP contribution in [0.2, 0.25) is 0 Å². The predicted octanol–water partition coefficient (Wildman–Crippen LogP) is 4.68. The van der Waals surface area contributed by atoms with Crippen LogP contribution in [-0.2, 0) is 4.74 Å². The molecule has 1 saturated carbocycles. The third-order valence-corrected chi connectivity index (χ3v) is 6.89. The fourth-order valence-corrected chi connectivity index (χ4v) is 4.90. The number of anilines is 1. The Bertz CT molecular complexity index is 1110. The van der Waals surface area contributed by atoms with E-state index in [0.29, 0.717) is 43.9 Å². The molecular weight excluding hydrogens is 428 g/mol. The maximum absolute atomic E-state index is 12.8. The Morgan fingerprint density at radius 2 is 1.88 bits per heavy atom. The Morgan fingerprint density at radius 3 is 2.62 bits per heavy atom. The second kappa shape index (κ2) is 10.5. The van der Waals surface area contributed by atoms with E-state index in [1.54, 1.807) is 0 Å². The highest BCUT2D eigenvalue weighted by atomic mass is 16.5. The molecule has 0 radical (unpaired) electrons. The lowest BCUT2D eigenvalue weighted by molar-refractivity contribution is 0.0303. The second-order valence-corrected chi connectivity index (χ2v) is 9.28.